The Morgan fingerprint density at radius 3 is 2.45 bits per heavy atom. The van der Waals surface area contributed by atoms with Gasteiger partial charge in [-0.3, -0.25) is 0 Å². The zero-order chi connectivity index (χ0) is 8.10. The van der Waals surface area contributed by atoms with Crippen LogP contribution in [0.15, 0.2) is 0 Å². The summed E-state index contributed by atoms with van der Waals surface area (Å²) in [4.78, 5) is 2.37. The maximum Gasteiger partial charge on any atom is 0.0756 e. The van der Waals surface area contributed by atoms with E-state index in [-0.39, 0.29) is 6.10 Å². The Hall–Kier alpha value is 0.650. The monoisotopic (exact) mass is 269 g/mol. The van der Waals surface area contributed by atoms with Crippen molar-refractivity contribution in [2.45, 2.75) is 25.4 Å². The minimum atomic E-state index is -0.117. The van der Waals surface area contributed by atoms with Gasteiger partial charge in [0.25, 0.3) is 0 Å². The molecule has 0 spiro atoms. The lowest BCUT2D eigenvalue weighted by Gasteiger charge is -2.27. The Kier molecular flexibility index (Phi) is 4.71. The molecule has 1 unspecified atom stereocenters. The minimum absolute atomic E-state index is 0.117. The summed E-state index contributed by atoms with van der Waals surface area (Å²) in [6.07, 6.45) is 3.88. The van der Waals surface area contributed by atoms with Gasteiger partial charge >= 0.3 is 0 Å². The first-order valence-corrected chi connectivity index (χ1v) is 5.82. The Morgan fingerprint density at radius 1 is 1.27 bits per heavy atom. The van der Waals surface area contributed by atoms with Crippen LogP contribution in [0.2, 0.25) is 0 Å². The van der Waals surface area contributed by atoms with Crippen LogP contribution in [0.4, 0.5) is 0 Å². The third kappa shape index (κ3) is 3.71. The van der Waals surface area contributed by atoms with E-state index in [1.165, 1.54) is 32.4 Å². The van der Waals surface area contributed by atoms with Gasteiger partial charge in [0.2, 0.25) is 0 Å². The summed E-state index contributed by atoms with van der Waals surface area (Å²) in [5.74, 6) is 0. The normalized spacial score (nSPS) is 23.5. The largest absolute Gasteiger partial charge is 0.391 e. The van der Waals surface area contributed by atoms with Gasteiger partial charge in [-0.2, -0.15) is 0 Å². The summed E-state index contributed by atoms with van der Waals surface area (Å²) in [7, 11) is 0. The van der Waals surface area contributed by atoms with Crippen LogP contribution in [-0.2, 0) is 0 Å². The van der Waals surface area contributed by atoms with Crippen molar-refractivity contribution < 1.29 is 5.11 Å². The number of piperidine rings is 1. The molecule has 1 aliphatic rings. The molecular weight excluding hydrogens is 253 g/mol. The quantitative estimate of drug-likeness (QED) is 0.616. The van der Waals surface area contributed by atoms with Gasteiger partial charge in [0.05, 0.1) is 6.10 Å². The second-order valence-corrected chi connectivity index (χ2v) is 4.05. The Balaban J connectivity index is 2.13. The molecule has 0 radical (unpaired) electrons. The standard InChI is InChI=1S/C8H16INO/c9-6-8(11)7-10-4-2-1-3-5-10/h8,11H,1-7H2. The van der Waals surface area contributed by atoms with Gasteiger partial charge in [-0.15, -0.1) is 0 Å². The summed E-state index contributed by atoms with van der Waals surface area (Å²) in [5, 5.41) is 9.36. The molecule has 1 atom stereocenters. The molecule has 0 aromatic heterocycles. The van der Waals surface area contributed by atoms with E-state index >= 15 is 0 Å². The molecule has 66 valence electrons. The highest BCUT2D eigenvalue weighted by Gasteiger charge is 2.12. The second-order valence-electron chi connectivity index (χ2n) is 3.17. The lowest BCUT2D eigenvalue weighted by atomic mass is 10.1. The number of likely N-dealkylation sites (tertiary alicyclic amines) is 1. The van der Waals surface area contributed by atoms with Gasteiger partial charge in [0, 0.05) is 11.0 Å². The van der Waals surface area contributed by atoms with Gasteiger partial charge in [0.1, 0.15) is 0 Å². The number of aliphatic hydroxyl groups is 1. The summed E-state index contributed by atoms with van der Waals surface area (Å²) in [6, 6.07) is 0. The van der Waals surface area contributed by atoms with Crippen molar-refractivity contribution in [3.63, 3.8) is 0 Å². The Morgan fingerprint density at radius 2 is 1.91 bits per heavy atom. The number of hydrogen-bond donors (Lipinski definition) is 1. The van der Waals surface area contributed by atoms with Gasteiger partial charge in [-0.05, 0) is 25.9 Å². The maximum absolute atomic E-state index is 9.36. The maximum atomic E-state index is 9.36. The predicted molar refractivity (Wildman–Crippen MR) is 55.2 cm³/mol. The van der Waals surface area contributed by atoms with Crippen LogP contribution in [0.5, 0.6) is 0 Å². The molecule has 1 N–H and O–H groups in total. The summed E-state index contributed by atoms with van der Waals surface area (Å²) in [5.41, 5.74) is 0. The number of aliphatic hydroxyl groups excluding tert-OH is 1. The zero-order valence-corrected chi connectivity index (χ0v) is 8.96. The highest BCUT2D eigenvalue weighted by molar-refractivity contribution is 14.1. The van der Waals surface area contributed by atoms with Crippen molar-refractivity contribution in [3.05, 3.63) is 0 Å². The smallest absolute Gasteiger partial charge is 0.0756 e. The van der Waals surface area contributed by atoms with Crippen LogP contribution in [0.3, 0.4) is 0 Å². The van der Waals surface area contributed by atoms with Crippen molar-refractivity contribution in [3.8, 4) is 0 Å². The molecule has 1 rings (SSSR count). The molecule has 1 fully saturated rings. The average Bonchev–Trinajstić information content (AvgIpc) is 2.06. The van der Waals surface area contributed by atoms with E-state index in [9.17, 15) is 5.11 Å². The van der Waals surface area contributed by atoms with E-state index in [1.54, 1.807) is 0 Å². The summed E-state index contributed by atoms with van der Waals surface area (Å²) in [6.45, 7) is 3.25. The van der Waals surface area contributed by atoms with Crippen LogP contribution in [0.1, 0.15) is 19.3 Å². The van der Waals surface area contributed by atoms with Gasteiger partial charge < -0.3 is 10.0 Å². The van der Waals surface area contributed by atoms with Crippen LogP contribution in [0.25, 0.3) is 0 Å². The van der Waals surface area contributed by atoms with Crippen molar-refractivity contribution >= 4 is 22.6 Å². The molecule has 0 amide bonds. The fraction of sp³-hybridized carbons (Fsp3) is 1.00. The van der Waals surface area contributed by atoms with E-state index < -0.39 is 0 Å². The SMILES string of the molecule is OC(CI)CN1CCCCC1. The van der Waals surface area contributed by atoms with Crippen molar-refractivity contribution in [2.75, 3.05) is 24.1 Å². The van der Waals surface area contributed by atoms with Crippen LogP contribution in [-0.4, -0.2) is 40.2 Å². The fourth-order valence-electron chi connectivity index (χ4n) is 1.49. The first kappa shape index (κ1) is 9.74. The highest BCUT2D eigenvalue weighted by Crippen LogP contribution is 2.09. The Bertz CT molecular complexity index is 104. The molecule has 2 nitrogen and oxygen atoms in total. The molecule has 0 aliphatic carbocycles. The van der Waals surface area contributed by atoms with Gasteiger partial charge in [-0.25, -0.2) is 0 Å². The molecule has 0 bridgehead atoms. The van der Waals surface area contributed by atoms with E-state index in [2.05, 4.69) is 27.5 Å². The van der Waals surface area contributed by atoms with Crippen molar-refractivity contribution in [1.29, 1.82) is 0 Å². The van der Waals surface area contributed by atoms with E-state index in [0.29, 0.717) is 0 Å². The molecule has 3 heteroatoms. The number of halogens is 1. The number of hydrogen-bond acceptors (Lipinski definition) is 2. The Labute approximate surface area is 82.1 Å². The fourth-order valence-corrected chi connectivity index (χ4v) is 1.77. The summed E-state index contributed by atoms with van der Waals surface area (Å²) >= 11 is 2.23. The lowest BCUT2D eigenvalue weighted by Crippen LogP contribution is -2.36. The molecule has 0 aromatic rings. The molecule has 0 aromatic carbocycles. The van der Waals surface area contributed by atoms with E-state index in [1.807, 2.05) is 0 Å². The number of rotatable bonds is 3. The highest BCUT2D eigenvalue weighted by atomic mass is 127. The van der Waals surface area contributed by atoms with Crippen LogP contribution in [0, 0.1) is 0 Å². The molecule has 1 aliphatic heterocycles. The molecule has 0 saturated carbocycles. The minimum Gasteiger partial charge on any atom is -0.391 e. The van der Waals surface area contributed by atoms with Crippen LogP contribution < -0.4 is 0 Å². The van der Waals surface area contributed by atoms with Crippen LogP contribution >= 0.6 is 22.6 Å². The molecular formula is C8H16INO. The van der Waals surface area contributed by atoms with E-state index in [4.69, 9.17) is 0 Å². The van der Waals surface area contributed by atoms with Crippen molar-refractivity contribution in [1.82, 2.24) is 4.90 Å². The topological polar surface area (TPSA) is 23.5 Å². The van der Waals surface area contributed by atoms with Crippen molar-refractivity contribution in [2.24, 2.45) is 0 Å². The third-order valence-electron chi connectivity index (χ3n) is 2.10. The number of β-amino-alcohol motifs (C(OH)–C–C–N with tert-alkyl or cyclic N) is 1. The third-order valence-corrected chi connectivity index (χ3v) is 3.11. The lowest BCUT2D eigenvalue weighted by molar-refractivity contribution is 0.119. The van der Waals surface area contributed by atoms with Gasteiger partial charge in [-0.1, -0.05) is 29.0 Å². The number of alkyl halides is 1. The first-order valence-electron chi connectivity index (χ1n) is 4.29. The first-order chi connectivity index (χ1) is 5.33. The molecule has 11 heavy (non-hydrogen) atoms. The predicted octanol–water partition coefficient (Wildman–Crippen LogP) is 1.27. The average molecular weight is 269 g/mol. The molecule has 1 heterocycles. The second kappa shape index (κ2) is 5.32. The summed E-state index contributed by atoms with van der Waals surface area (Å²) < 4.78 is 0.855. The number of nitrogens with zero attached hydrogens (tertiary/aromatic N) is 1. The zero-order valence-electron chi connectivity index (χ0n) is 6.80. The van der Waals surface area contributed by atoms with E-state index in [0.717, 1.165) is 11.0 Å². The molecule has 1 saturated heterocycles. The van der Waals surface area contributed by atoms with Gasteiger partial charge in [0.15, 0.2) is 0 Å².